The smallest absolute Gasteiger partial charge is 0.167 e. The molecule has 0 atom stereocenters. The van der Waals surface area contributed by atoms with Crippen molar-refractivity contribution >= 4 is 5.69 Å². The SMILES string of the molecule is N#CCC1(COc2ccc(N)cc2F)CC1. The first-order valence-corrected chi connectivity index (χ1v) is 5.20. The zero-order valence-electron chi connectivity index (χ0n) is 8.87. The Morgan fingerprint density at radius 2 is 2.25 bits per heavy atom. The summed E-state index contributed by atoms with van der Waals surface area (Å²) in [4.78, 5) is 0. The van der Waals surface area contributed by atoms with Gasteiger partial charge < -0.3 is 10.5 Å². The first kappa shape index (κ1) is 10.7. The van der Waals surface area contributed by atoms with E-state index >= 15 is 0 Å². The molecule has 0 aliphatic heterocycles. The number of hydrogen-bond acceptors (Lipinski definition) is 3. The zero-order chi connectivity index (χ0) is 11.6. The van der Waals surface area contributed by atoms with Crippen molar-refractivity contribution in [3.8, 4) is 11.8 Å². The summed E-state index contributed by atoms with van der Waals surface area (Å²) in [6, 6.07) is 6.49. The van der Waals surface area contributed by atoms with Gasteiger partial charge in [-0.25, -0.2) is 4.39 Å². The first-order chi connectivity index (χ1) is 7.65. The van der Waals surface area contributed by atoms with Crippen LogP contribution in [0.25, 0.3) is 0 Å². The molecule has 1 saturated carbocycles. The Balaban J connectivity index is 1.98. The second kappa shape index (κ2) is 4.01. The molecular formula is C12H13FN2O. The summed E-state index contributed by atoms with van der Waals surface area (Å²) in [5, 5.41) is 8.63. The lowest BCUT2D eigenvalue weighted by atomic mass is 10.1. The zero-order valence-corrected chi connectivity index (χ0v) is 8.87. The molecule has 2 rings (SSSR count). The molecule has 16 heavy (non-hydrogen) atoms. The Morgan fingerprint density at radius 3 is 2.81 bits per heavy atom. The Morgan fingerprint density at radius 1 is 1.50 bits per heavy atom. The van der Waals surface area contributed by atoms with Crippen molar-refractivity contribution in [1.82, 2.24) is 0 Å². The summed E-state index contributed by atoms with van der Waals surface area (Å²) in [5.74, 6) is -0.244. The van der Waals surface area contributed by atoms with E-state index in [-0.39, 0.29) is 11.2 Å². The summed E-state index contributed by atoms with van der Waals surface area (Å²) in [7, 11) is 0. The van der Waals surface area contributed by atoms with Gasteiger partial charge in [0.15, 0.2) is 11.6 Å². The summed E-state index contributed by atoms with van der Waals surface area (Å²) >= 11 is 0. The standard InChI is InChI=1S/C12H13FN2O/c13-10-7-9(15)1-2-11(10)16-8-12(3-4-12)5-6-14/h1-2,7H,3-5,8,15H2. The van der Waals surface area contributed by atoms with Crippen LogP contribution in [-0.4, -0.2) is 6.61 Å². The molecule has 1 aliphatic carbocycles. The monoisotopic (exact) mass is 220 g/mol. The molecule has 84 valence electrons. The number of hydrogen-bond donors (Lipinski definition) is 1. The van der Waals surface area contributed by atoms with E-state index in [4.69, 9.17) is 15.7 Å². The minimum atomic E-state index is -0.451. The lowest BCUT2D eigenvalue weighted by molar-refractivity contribution is 0.228. The molecule has 1 fully saturated rings. The largest absolute Gasteiger partial charge is 0.490 e. The number of nitrogen functional groups attached to an aromatic ring is 1. The van der Waals surface area contributed by atoms with Crippen LogP contribution in [0.4, 0.5) is 10.1 Å². The van der Waals surface area contributed by atoms with E-state index in [1.165, 1.54) is 12.1 Å². The fourth-order valence-electron chi connectivity index (χ4n) is 1.58. The van der Waals surface area contributed by atoms with E-state index in [1.807, 2.05) is 0 Å². The van der Waals surface area contributed by atoms with Crippen LogP contribution >= 0.6 is 0 Å². The highest BCUT2D eigenvalue weighted by atomic mass is 19.1. The minimum Gasteiger partial charge on any atom is -0.490 e. The average Bonchev–Trinajstić information content (AvgIpc) is 2.98. The second-order valence-corrected chi connectivity index (χ2v) is 4.31. The van der Waals surface area contributed by atoms with E-state index in [2.05, 4.69) is 6.07 Å². The van der Waals surface area contributed by atoms with Gasteiger partial charge >= 0.3 is 0 Å². The van der Waals surface area contributed by atoms with Gasteiger partial charge in [0.25, 0.3) is 0 Å². The average molecular weight is 220 g/mol. The highest BCUT2D eigenvalue weighted by Gasteiger charge is 2.43. The third-order valence-corrected chi connectivity index (χ3v) is 2.90. The lowest BCUT2D eigenvalue weighted by Crippen LogP contribution is -2.13. The lowest BCUT2D eigenvalue weighted by Gasteiger charge is -2.13. The summed E-state index contributed by atoms with van der Waals surface area (Å²) in [6.45, 7) is 0.404. The van der Waals surface area contributed by atoms with Gasteiger partial charge in [-0.3, -0.25) is 0 Å². The number of halogens is 1. The predicted octanol–water partition coefficient (Wildman–Crippen LogP) is 2.48. The Kier molecular flexibility index (Phi) is 2.69. The van der Waals surface area contributed by atoms with Gasteiger partial charge in [-0.05, 0) is 25.0 Å². The highest BCUT2D eigenvalue weighted by molar-refractivity contribution is 5.42. The molecule has 0 unspecified atom stereocenters. The molecule has 0 radical (unpaired) electrons. The quantitative estimate of drug-likeness (QED) is 0.793. The van der Waals surface area contributed by atoms with Crippen molar-refractivity contribution in [3.63, 3.8) is 0 Å². The maximum absolute atomic E-state index is 13.4. The van der Waals surface area contributed by atoms with E-state index in [1.54, 1.807) is 6.07 Å². The molecule has 4 heteroatoms. The van der Waals surface area contributed by atoms with Gasteiger partial charge in [-0.15, -0.1) is 0 Å². The Hall–Kier alpha value is -1.76. The number of nitrogens with two attached hydrogens (primary N) is 1. The molecule has 1 aromatic rings. The van der Waals surface area contributed by atoms with Gasteiger partial charge in [0.2, 0.25) is 0 Å². The number of nitriles is 1. The molecule has 0 amide bonds. The fourth-order valence-corrected chi connectivity index (χ4v) is 1.58. The molecule has 0 heterocycles. The number of benzene rings is 1. The van der Waals surface area contributed by atoms with Crippen LogP contribution < -0.4 is 10.5 Å². The highest BCUT2D eigenvalue weighted by Crippen LogP contribution is 2.48. The van der Waals surface area contributed by atoms with E-state index < -0.39 is 5.82 Å². The van der Waals surface area contributed by atoms with Crippen LogP contribution in [0, 0.1) is 22.6 Å². The molecule has 0 saturated heterocycles. The molecule has 3 nitrogen and oxygen atoms in total. The van der Waals surface area contributed by atoms with Crippen molar-refractivity contribution in [2.75, 3.05) is 12.3 Å². The normalized spacial score (nSPS) is 16.5. The second-order valence-electron chi connectivity index (χ2n) is 4.31. The topological polar surface area (TPSA) is 59.0 Å². The number of ether oxygens (including phenoxy) is 1. The van der Waals surface area contributed by atoms with Gasteiger partial charge in [0.05, 0.1) is 12.7 Å². The third-order valence-electron chi connectivity index (χ3n) is 2.90. The molecular weight excluding hydrogens is 207 g/mol. The summed E-state index contributed by atoms with van der Waals surface area (Å²) in [6.07, 6.45) is 2.44. The molecule has 0 spiro atoms. The van der Waals surface area contributed by atoms with E-state index in [0.717, 1.165) is 12.8 Å². The van der Waals surface area contributed by atoms with Gasteiger partial charge in [0, 0.05) is 23.6 Å². The van der Waals surface area contributed by atoms with Crippen molar-refractivity contribution < 1.29 is 9.13 Å². The van der Waals surface area contributed by atoms with Gasteiger partial charge in [-0.2, -0.15) is 5.26 Å². The molecule has 1 aromatic carbocycles. The van der Waals surface area contributed by atoms with Crippen LogP contribution in [0.15, 0.2) is 18.2 Å². The third kappa shape index (κ3) is 2.25. The van der Waals surface area contributed by atoms with Crippen molar-refractivity contribution in [2.24, 2.45) is 5.41 Å². The number of rotatable bonds is 4. The summed E-state index contributed by atoms with van der Waals surface area (Å²) in [5.41, 5.74) is 5.77. The number of anilines is 1. The van der Waals surface area contributed by atoms with Crippen LogP contribution in [0.3, 0.4) is 0 Å². The summed E-state index contributed by atoms with van der Waals surface area (Å²) < 4.78 is 18.8. The van der Waals surface area contributed by atoms with E-state index in [9.17, 15) is 4.39 Å². The number of nitrogens with zero attached hydrogens (tertiary/aromatic N) is 1. The molecule has 0 aromatic heterocycles. The van der Waals surface area contributed by atoms with Crippen molar-refractivity contribution in [1.29, 1.82) is 5.26 Å². The van der Waals surface area contributed by atoms with Gasteiger partial charge in [-0.1, -0.05) is 0 Å². The van der Waals surface area contributed by atoms with Crippen LogP contribution in [-0.2, 0) is 0 Å². The maximum atomic E-state index is 13.4. The van der Waals surface area contributed by atoms with Crippen molar-refractivity contribution in [2.45, 2.75) is 19.3 Å². The fraction of sp³-hybridized carbons (Fsp3) is 0.417. The molecule has 1 aliphatic rings. The van der Waals surface area contributed by atoms with Crippen LogP contribution in [0.2, 0.25) is 0 Å². The van der Waals surface area contributed by atoms with E-state index in [0.29, 0.717) is 18.7 Å². The predicted molar refractivity (Wildman–Crippen MR) is 58.2 cm³/mol. The molecule has 0 bridgehead atoms. The molecule has 2 N–H and O–H groups in total. The minimum absolute atomic E-state index is 0.0391. The van der Waals surface area contributed by atoms with Crippen LogP contribution in [0.5, 0.6) is 5.75 Å². The maximum Gasteiger partial charge on any atom is 0.167 e. The first-order valence-electron chi connectivity index (χ1n) is 5.20. The Bertz CT molecular complexity index is 435. The van der Waals surface area contributed by atoms with Crippen LogP contribution in [0.1, 0.15) is 19.3 Å². The Labute approximate surface area is 93.6 Å². The van der Waals surface area contributed by atoms with Gasteiger partial charge in [0.1, 0.15) is 0 Å². The van der Waals surface area contributed by atoms with Crippen molar-refractivity contribution in [3.05, 3.63) is 24.0 Å².